The fourth-order valence-electron chi connectivity index (χ4n) is 2.41. The number of halogens is 1. The highest BCUT2D eigenvalue weighted by Gasteiger charge is 2.33. The van der Waals surface area contributed by atoms with Gasteiger partial charge in [-0.25, -0.2) is 9.59 Å². The van der Waals surface area contributed by atoms with Crippen molar-refractivity contribution < 1.29 is 19.1 Å². The molecule has 0 unspecified atom stereocenters. The van der Waals surface area contributed by atoms with Crippen LogP contribution in [0.5, 0.6) is 5.75 Å². The van der Waals surface area contributed by atoms with Gasteiger partial charge >= 0.3 is 12.0 Å². The van der Waals surface area contributed by atoms with Crippen molar-refractivity contribution in [2.45, 2.75) is 26.8 Å². The number of carbonyl (C=O) groups excluding carboxylic acids is 2. The van der Waals surface area contributed by atoms with E-state index in [0.717, 1.165) is 10.0 Å². The van der Waals surface area contributed by atoms with Crippen molar-refractivity contribution in [2.24, 2.45) is 0 Å². The second-order valence-electron chi connectivity index (χ2n) is 4.91. The van der Waals surface area contributed by atoms with E-state index in [1.165, 1.54) is 0 Å². The number of ether oxygens (including phenoxy) is 2. The molecule has 2 amide bonds. The molecular formula is C16H19BrN2O4. The highest BCUT2D eigenvalue weighted by atomic mass is 79.9. The minimum absolute atomic E-state index is 0.260. The zero-order chi connectivity index (χ0) is 17.0. The lowest BCUT2D eigenvalue weighted by molar-refractivity contribution is -0.139. The van der Waals surface area contributed by atoms with E-state index in [9.17, 15) is 9.59 Å². The molecule has 1 aromatic rings. The van der Waals surface area contributed by atoms with E-state index in [0.29, 0.717) is 23.6 Å². The summed E-state index contributed by atoms with van der Waals surface area (Å²) in [5.41, 5.74) is 1.58. The molecule has 0 radical (unpaired) electrons. The van der Waals surface area contributed by atoms with Crippen molar-refractivity contribution in [3.05, 3.63) is 39.5 Å². The average molecular weight is 383 g/mol. The second kappa shape index (κ2) is 7.50. The van der Waals surface area contributed by atoms with E-state index in [2.05, 4.69) is 26.6 Å². The molecule has 0 bridgehead atoms. The van der Waals surface area contributed by atoms with Gasteiger partial charge in [-0.2, -0.15) is 0 Å². The molecule has 0 saturated carbocycles. The van der Waals surface area contributed by atoms with Crippen molar-refractivity contribution >= 4 is 27.9 Å². The molecular weight excluding hydrogens is 364 g/mol. The Morgan fingerprint density at radius 1 is 1.30 bits per heavy atom. The molecule has 1 heterocycles. The van der Waals surface area contributed by atoms with Crippen molar-refractivity contribution in [1.82, 2.24) is 10.6 Å². The van der Waals surface area contributed by atoms with E-state index < -0.39 is 12.0 Å². The van der Waals surface area contributed by atoms with E-state index in [4.69, 9.17) is 9.47 Å². The quantitative estimate of drug-likeness (QED) is 0.767. The van der Waals surface area contributed by atoms with Gasteiger partial charge in [-0.1, -0.05) is 15.9 Å². The first-order valence-electron chi connectivity index (χ1n) is 7.35. The summed E-state index contributed by atoms with van der Waals surface area (Å²) < 4.78 is 11.4. The second-order valence-corrected chi connectivity index (χ2v) is 5.76. The molecule has 7 heteroatoms. The van der Waals surface area contributed by atoms with Crippen LogP contribution in [0, 0.1) is 0 Å². The van der Waals surface area contributed by atoms with E-state index >= 15 is 0 Å². The third-order valence-corrected chi connectivity index (χ3v) is 4.08. The number of rotatable bonds is 5. The number of esters is 1. The van der Waals surface area contributed by atoms with E-state index in [-0.39, 0.29) is 12.6 Å². The maximum absolute atomic E-state index is 12.3. The van der Waals surface area contributed by atoms with Crippen molar-refractivity contribution in [3.8, 4) is 5.75 Å². The SMILES string of the molecule is CCOC(=O)C1=C(C)NC(=O)N[C@H]1c1cc(OCC)ccc1Br. The topological polar surface area (TPSA) is 76.7 Å². The number of hydrogen-bond donors (Lipinski definition) is 2. The third-order valence-electron chi connectivity index (χ3n) is 3.35. The Bertz CT molecular complexity index is 657. The van der Waals surface area contributed by atoms with Gasteiger partial charge in [0.15, 0.2) is 0 Å². The summed E-state index contributed by atoms with van der Waals surface area (Å²) in [6.45, 7) is 6.10. The van der Waals surface area contributed by atoms with Crippen LogP contribution in [0.2, 0.25) is 0 Å². The number of benzene rings is 1. The van der Waals surface area contributed by atoms with Gasteiger partial charge in [-0.05, 0) is 44.5 Å². The van der Waals surface area contributed by atoms with Crippen LogP contribution in [0.4, 0.5) is 4.79 Å². The highest BCUT2D eigenvalue weighted by Crippen LogP contribution is 2.34. The van der Waals surface area contributed by atoms with Gasteiger partial charge in [0.05, 0.1) is 24.8 Å². The molecule has 1 aromatic carbocycles. The summed E-state index contributed by atoms with van der Waals surface area (Å²) >= 11 is 3.47. The molecule has 1 aliphatic heterocycles. The van der Waals surface area contributed by atoms with Crippen molar-refractivity contribution in [3.63, 3.8) is 0 Å². The number of urea groups is 1. The lowest BCUT2D eigenvalue weighted by Gasteiger charge is -2.29. The van der Waals surface area contributed by atoms with Crippen LogP contribution in [0.25, 0.3) is 0 Å². The lowest BCUT2D eigenvalue weighted by atomic mass is 9.95. The maximum atomic E-state index is 12.3. The summed E-state index contributed by atoms with van der Waals surface area (Å²) in [7, 11) is 0. The van der Waals surface area contributed by atoms with Gasteiger partial charge in [0.1, 0.15) is 5.75 Å². The predicted molar refractivity (Wildman–Crippen MR) is 89.1 cm³/mol. The molecule has 0 saturated heterocycles. The van der Waals surface area contributed by atoms with Crippen LogP contribution in [0.1, 0.15) is 32.4 Å². The Balaban J connectivity index is 2.49. The molecule has 0 spiro atoms. The predicted octanol–water partition coefficient (Wildman–Crippen LogP) is 3.04. The lowest BCUT2D eigenvalue weighted by Crippen LogP contribution is -2.45. The van der Waals surface area contributed by atoms with Crippen LogP contribution in [0.15, 0.2) is 33.9 Å². The van der Waals surface area contributed by atoms with Crippen LogP contribution in [-0.4, -0.2) is 25.2 Å². The summed E-state index contributed by atoms with van der Waals surface area (Å²) in [5, 5.41) is 5.38. The third kappa shape index (κ3) is 3.85. The Hall–Kier alpha value is -2.02. The molecule has 0 fully saturated rings. The number of carbonyl (C=O) groups is 2. The Kier molecular flexibility index (Phi) is 5.65. The fraction of sp³-hybridized carbons (Fsp3) is 0.375. The number of nitrogens with one attached hydrogen (secondary N) is 2. The monoisotopic (exact) mass is 382 g/mol. The highest BCUT2D eigenvalue weighted by molar-refractivity contribution is 9.10. The Morgan fingerprint density at radius 2 is 2.04 bits per heavy atom. The molecule has 0 aliphatic carbocycles. The normalized spacial score (nSPS) is 17.4. The van der Waals surface area contributed by atoms with E-state index in [1.807, 2.05) is 19.1 Å². The summed E-state index contributed by atoms with van der Waals surface area (Å²) in [5.74, 6) is 0.204. The molecule has 6 nitrogen and oxygen atoms in total. The molecule has 23 heavy (non-hydrogen) atoms. The number of hydrogen-bond acceptors (Lipinski definition) is 4. The number of allylic oxidation sites excluding steroid dienone is 1. The fourth-order valence-corrected chi connectivity index (χ4v) is 2.88. The zero-order valence-corrected chi connectivity index (χ0v) is 14.8. The maximum Gasteiger partial charge on any atom is 0.338 e. The molecule has 1 aliphatic rings. The van der Waals surface area contributed by atoms with Crippen LogP contribution in [-0.2, 0) is 9.53 Å². The minimum atomic E-state index is -0.613. The van der Waals surface area contributed by atoms with Crippen LogP contribution in [0.3, 0.4) is 0 Å². The Labute approximate surface area is 143 Å². The van der Waals surface area contributed by atoms with E-state index in [1.54, 1.807) is 19.9 Å². The van der Waals surface area contributed by atoms with Crippen LogP contribution < -0.4 is 15.4 Å². The molecule has 124 valence electrons. The smallest absolute Gasteiger partial charge is 0.338 e. The largest absolute Gasteiger partial charge is 0.494 e. The van der Waals surface area contributed by atoms with Gasteiger partial charge < -0.3 is 20.1 Å². The zero-order valence-electron chi connectivity index (χ0n) is 13.2. The first-order chi connectivity index (χ1) is 11.0. The first-order valence-corrected chi connectivity index (χ1v) is 8.14. The molecule has 1 atom stereocenters. The van der Waals surface area contributed by atoms with Crippen molar-refractivity contribution in [1.29, 1.82) is 0 Å². The molecule has 2 rings (SSSR count). The molecule has 0 aromatic heterocycles. The van der Waals surface area contributed by atoms with Gasteiger partial charge in [-0.15, -0.1) is 0 Å². The number of amides is 2. The van der Waals surface area contributed by atoms with Gasteiger partial charge in [0.25, 0.3) is 0 Å². The van der Waals surface area contributed by atoms with Crippen LogP contribution >= 0.6 is 15.9 Å². The summed E-state index contributed by atoms with van der Waals surface area (Å²) in [6.07, 6.45) is 0. The minimum Gasteiger partial charge on any atom is -0.494 e. The van der Waals surface area contributed by atoms with Crippen molar-refractivity contribution in [2.75, 3.05) is 13.2 Å². The van der Waals surface area contributed by atoms with Gasteiger partial charge in [-0.3, -0.25) is 0 Å². The standard InChI is InChI=1S/C16H19BrN2O4/c1-4-22-10-6-7-12(17)11(8-10)14-13(15(20)23-5-2)9(3)18-16(21)19-14/h6-8,14H,4-5H2,1-3H3,(H2,18,19,21)/t14-/m0/s1. The Morgan fingerprint density at radius 3 is 2.70 bits per heavy atom. The molecule has 2 N–H and O–H groups in total. The average Bonchev–Trinajstić information content (AvgIpc) is 2.48. The summed E-state index contributed by atoms with van der Waals surface area (Å²) in [4.78, 5) is 24.2. The first kappa shape index (κ1) is 17.3. The van der Waals surface area contributed by atoms with Gasteiger partial charge in [0, 0.05) is 10.2 Å². The van der Waals surface area contributed by atoms with Gasteiger partial charge in [0.2, 0.25) is 0 Å². The summed E-state index contributed by atoms with van der Waals surface area (Å²) in [6, 6.07) is 4.47.